The highest BCUT2D eigenvalue weighted by Gasteiger charge is 2.37. The normalized spacial score (nSPS) is 11.8. The molecule has 1 amide bonds. The summed E-state index contributed by atoms with van der Waals surface area (Å²) in [6, 6.07) is 9.32. The minimum atomic E-state index is -4.64. The molecule has 0 atom stereocenters. The molecule has 148 valence electrons. The predicted octanol–water partition coefficient (Wildman–Crippen LogP) is 3.75. The van der Waals surface area contributed by atoms with Gasteiger partial charge in [-0.3, -0.25) is 4.79 Å². The van der Waals surface area contributed by atoms with Gasteiger partial charge < -0.3 is 4.90 Å². The molecule has 3 rings (SSSR count). The van der Waals surface area contributed by atoms with Crippen molar-refractivity contribution in [1.82, 2.24) is 19.6 Å². The highest BCUT2D eigenvalue weighted by Crippen LogP contribution is 2.27. The van der Waals surface area contributed by atoms with Gasteiger partial charge in [0.2, 0.25) is 5.91 Å². The lowest BCUT2D eigenvalue weighted by Crippen LogP contribution is -2.30. The van der Waals surface area contributed by atoms with E-state index in [2.05, 4.69) is 15.1 Å². The number of halogens is 3. The number of para-hydroxylation sites is 1. The van der Waals surface area contributed by atoms with Crippen LogP contribution in [-0.2, 0) is 17.4 Å². The van der Waals surface area contributed by atoms with Gasteiger partial charge in [-0.15, -0.1) is 5.10 Å². The minimum Gasteiger partial charge on any atom is -0.313 e. The average molecular weight is 391 g/mol. The van der Waals surface area contributed by atoms with E-state index in [0.717, 1.165) is 10.2 Å². The van der Waals surface area contributed by atoms with Crippen LogP contribution in [0.15, 0.2) is 30.3 Å². The summed E-state index contributed by atoms with van der Waals surface area (Å²) in [4.78, 5) is 22.0. The van der Waals surface area contributed by atoms with Crippen molar-refractivity contribution in [2.24, 2.45) is 0 Å². The molecule has 2 heterocycles. The van der Waals surface area contributed by atoms with Crippen LogP contribution in [-0.4, -0.2) is 32.0 Å². The Labute approximate surface area is 160 Å². The molecule has 0 aliphatic carbocycles. The summed E-state index contributed by atoms with van der Waals surface area (Å²) in [7, 11) is 0. The van der Waals surface area contributed by atoms with E-state index in [9.17, 15) is 18.0 Å². The fraction of sp³-hybridized carbons (Fsp3) is 0.368. The Morgan fingerprint density at radius 2 is 1.82 bits per heavy atom. The molecule has 0 spiro atoms. The maximum atomic E-state index is 12.9. The summed E-state index contributed by atoms with van der Waals surface area (Å²) in [6.07, 6.45) is -4.08. The maximum Gasteiger partial charge on any atom is 0.453 e. The molecule has 28 heavy (non-hydrogen) atoms. The van der Waals surface area contributed by atoms with Gasteiger partial charge in [-0.1, -0.05) is 18.2 Å². The van der Waals surface area contributed by atoms with Crippen LogP contribution >= 0.6 is 0 Å². The van der Waals surface area contributed by atoms with Gasteiger partial charge in [0, 0.05) is 30.0 Å². The van der Waals surface area contributed by atoms with E-state index < -0.39 is 12.0 Å². The van der Waals surface area contributed by atoms with Crippen molar-refractivity contribution in [2.75, 3.05) is 11.4 Å². The van der Waals surface area contributed by atoms with Gasteiger partial charge in [-0.2, -0.15) is 18.2 Å². The van der Waals surface area contributed by atoms with Crippen molar-refractivity contribution in [3.8, 4) is 0 Å². The monoisotopic (exact) mass is 391 g/mol. The molecule has 6 nitrogen and oxygen atoms in total. The summed E-state index contributed by atoms with van der Waals surface area (Å²) < 4.78 is 39.7. The van der Waals surface area contributed by atoms with Gasteiger partial charge in [0.05, 0.1) is 0 Å². The Balaban J connectivity index is 1.85. The molecule has 0 saturated carbocycles. The molecule has 0 radical (unpaired) electrons. The molecule has 0 saturated heterocycles. The number of nitrogens with zero attached hydrogens (tertiary/aromatic N) is 5. The summed E-state index contributed by atoms with van der Waals surface area (Å²) in [6.45, 7) is 5.77. The average Bonchev–Trinajstić information content (AvgIpc) is 3.07. The predicted molar refractivity (Wildman–Crippen MR) is 98.0 cm³/mol. The molecular weight excluding hydrogens is 371 g/mol. The lowest BCUT2D eigenvalue weighted by molar-refractivity contribution is -0.144. The summed E-state index contributed by atoms with van der Waals surface area (Å²) >= 11 is 0. The first-order chi connectivity index (χ1) is 13.2. The van der Waals surface area contributed by atoms with E-state index >= 15 is 0 Å². The van der Waals surface area contributed by atoms with Gasteiger partial charge in [-0.05, 0) is 44.9 Å². The van der Waals surface area contributed by atoms with Crippen LogP contribution in [0.25, 0.3) is 5.78 Å². The van der Waals surface area contributed by atoms with Gasteiger partial charge in [-0.25, -0.2) is 9.50 Å². The molecule has 0 unspecified atom stereocenters. The van der Waals surface area contributed by atoms with E-state index in [1.165, 1.54) is 0 Å². The van der Waals surface area contributed by atoms with Gasteiger partial charge in [0.25, 0.3) is 11.6 Å². The first kappa shape index (κ1) is 19.8. The molecule has 0 aliphatic heterocycles. The van der Waals surface area contributed by atoms with Crippen LogP contribution in [0.2, 0.25) is 0 Å². The topological polar surface area (TPSA) is 63.4 Å². The largest absolute Gasteiger partial charge is 0.453 e. The molecule has 9 heteroatoms. The van der Waals surface area contributed by atoms with E-state index in [1.54, 1.807) is 18.7 Å². The Morgan fingerprint density at radius 3 is 2.43 bits per heavy atom. The van der Waals surface area contributed by atoms with Gasteiger partial charge >= 0.3 is 6.18 Å². The maximum absolute atomic E-state index is 12.9. The first-order valence-corrected chi connectivity index (χ1v) is 8.87. The van der Waals surface area contributed by atoms with Crippen LogP contribution in [0.4, 0.5) is 18.9 Å². The number of aryl methyl sites for hydroxylation is 2. The van der Waals surface area contributed by atoms with Gasteiger partial charge in [0.15, 0.2) is 0 Å². The van der Waals surface area contributed by atoms with E-state index in [1.807, 2.05) is 37.3 Å². The zero-order chi connectivity index (χ0) is 20.5. The molecule has 0 aliphatic rings. The van der Waals surface area contributed by atoms with Crippen molar-refractivity contribution < 1.29 is 18.0 Å². The number of aromatic nitrogens is 4. The highest BCUT2D eigenvalue weighted by molar-refractivity contribution is 5.93. The Kier molecular flexibility index (Phi) is 5.35. The Morgan fingerprint density at radius 1 is 1.14 bits per heavy atom. The van der Waals surface area contributed by atoms with Crippen LogP contribution in [0, 0.1) is 13.8 Å². The Bertz CT molecular complexity index is 998. The fourth-order valence-electron chi connectivity index (χ4n) is 3.17. The molecule has 0 bridgehead atoms. The highest BCUT2D eigenvalue weighted by atomic mass is 19.4. The molecule has 1 aromatic carbocycles. The lowest BCUT2D eigenvalue weighted by Gasteiger charge is -2.21. The number of fused-ring (bicyclic) bond motifs is 1. The van der Waals surface area contributed by atoms with Crippen LogP contribution in [0.5, 0.6) is 0 Å². The third-order valence-electron chi connectivity index (χ3n) is 4.58. The van der Waals surface area contributed by atoms with E-state index in [-0.39, 0.29) is 18.1 Å². The number of hydrogen-bond acceptors (Lipinski definition) is 4. The summed E-state index contributed by atoms with van der Waals surface area (Å²) in [5.74, 6) is -1.39. The van der Waals surface area contributed by atoms with Crippen LogP contribution in [0.3, 0.4) is 0 Å². The molecule has 3 aromatic rings. The SMILES string of the molecule is CCN(C(=O)CCc1c(C)nc2nc(C(F)(F)F)nn2c1C)c1ccccc1. The van der Waals surface area contributed by atoms with Crippen LogP contribution in [0.1, 0.15) is 36.1 Å². The quantitative estimate of drug-likeness (QED) is 0.665. The molecule has 0 fully saturated rings. The van der Waals surface area contributed by atoms with Crippen molar-refractivity contribution in [3.05, 3.63) is 53.1 Å². The van der Waals surface area contributed by atoms with Crippen molar-refractivity contribution >= 4 is 17.4 Å². The second-order valence-corrected chi connectivity index (χ2v) is 6.38. The zero-order valence-corrected chi connectivity index (χ0v) is 15.8. The number of benzene rings is 1. The van der Waals surface area contributed by atoms with E-state index in [0.29, 0.717) is 29.9 Å². The number of rotatable bonds is 5. The minimum absolute atomic E-state index is 0.0674. The van der Waals surface area contributed by atoms with Crippen molar-refractivity contribution in [1.29, 1.82) is 0 Å². The lowest BCUT2D eigenvalue weighted by atomic mass is 10.1. The number of carbonyl (C=O) groups is 1. The number of anilines is 1. The summed E-state index contributed by atoms with van der Waals surface area (Å²) in [5, 5.41) is 3.53. The third kappa shape index (κ3) is 3.83. The first-order valence-electron chi connectivity index (χ1n) is 8.87. The summed E-state index contributed by atoms with van der Waals surface area (Å²) in [5.41, 5.74) is 2.55. The third-order valence-corrected chi connectivity index (χ3v) is 4.58. The zero-order valence-electron chi connectivity index (χ0n) is 15.8. The molecule has 2 aromatic heterocycles. The number of hydrogen-bond donors (Lipinski definition) is 0. The van der Waals surface area contributed by atoms with Crippen molar-refractivity contribution in [2.45, 2.75) is 39.8 Å². The van der Waals surface area contributed by atoms with E-state index in [4.69, 9.17) is 0 Å². The second-order valence-electron chi connectivity index (χ2n) is 6.38. The smallest absolute Gasteiger partial charge is 0.313 e. The van der Waals surface area contributed by atoms with Crippen LogP contribution < -0.4 is 4.90 Å². The van der Waals surface area contributed by atoms with Crippen molar-refractivity contribution in [3.63, 3.8) is 0 Å². The number of alkyl halides is 3. The molecular formula is C19H20F3N5O. The Hall–Kier alpha value is -2.97. The second kappa shape index (κ2) is 7.57. The number of amides is 1. The fourth-order valence-corrected chi connectivity index (χ4v) is 3.17. The molecule has 0 N–H and O–H groups in total. The number of carbonyl (C=O) groups excluding carboxylic acids is 1. The van der Waals surface area contributed by atoms with Gasteiger partial charge in [0.1, 0.15) is 0 Å². The standard InChI is InChI=1S/C19H20F3N5O/c1-4-26(14-8-6-5-7-9-14)16(28)11-10-15-12(2)23-18-24-17(19(20,21)22)25-27(18)13(15)3/h5-9H,4,10-11H2,1-3H3.